The van der Waals surface area contributed by atoms with E-state index in [9.17, 15) is 9.59 Å². The second-order valence-corrected chi connectivity index (χ2v) is 6.20. The number of fused-ring (bicyclic) bond motifs is 2. The predicted octanol–water partition coefficient (Wildman–Crippen LogP) is 2.87. The topological polar surface area (TPSA) is 79.5 Å². The van der Waals surface area contributed by atoms with E-state index in [1.165, 1.54) is 18.9 Å². The van der Waals surface area contributed by atoms with Gasteiger partial charge in [0.05, 0.1) is 0 Å². The van der Waals surface area contributed by atoms with Crippen molar-refractivity contribution in [2.75, 3.05) is 6.54 Å². The zero-order chi connectivity index (χ0) is 15.7. The van der Waals surface area contributed by atoms with Gasteiger partial charge in [-0.3, -0.25) is 4.79 Å². The largest absolute Gasteiger partial charge is 0.478 e. The van der Waals surface area contributed by atoms with E-state index < -0.39 is 5.97 Å². The van der Waals surface area contributed by atoms with Gasteiger partial charge in [-0.2, -0.15) is 0 Å². The molecule has 1 fully saturated rings. The quantitative estimate of drug-likeness (QED) is 0.820. The summed E-state index contributed by atoms with van der Waals surface area (Å²) in [7, 11) is 0. The Bertz CT molecular complexity index is 616. The fraction of sp³-hybridized carbons (Fsp3) is 0.529. The molecule has 0 saturated heterocycles. The summed E-state index contributed by atoms with van der Waals surface area (Å²) in [6.07, 6.45) is 8.61. The van der Waals surface area contributed by atoms with Gasteiger partial charge in [-0.25, -0.2) is 4.79 Å². The lowest BCUT2D eigenvalue weighted by molar-refractivity contribution is 0.0694. The molecule has 5 nitrogen and oxygen atoms in total. The summed E-state index contributed by atoms with van der Waals surface area (Å²) in [5.74, 6) is 0.737. The summed E-state index contributed by atoms with van der Waals surface area (Å²) in [6, 6.07) is 1.32. The molecule has 2 N–H and O–H groups in total. The highest BCUT2D eigenvalue weighted by molar-refractivity contribution is 5.96. The number of carboxylic acids is 1. The van der Waals surface area contributed by atoms with Crippen LogP contribution in [0.2, 0.25) is 0 Å². The summed E-state index contributed by atoms with van der Waals surface area (Å²) < 4.78 is 5.38. The van der Waals surface area contributed by atoms with Crippen LogP contribution in [0, 0.1) is 17.8 Å². The molecule has 0 radical (unpaired) electrons. The Labute approximate surface area is 129 Å². The van der Waals surface area contributed by atoms with Crippen molar-refractivity contribution in [3.63, 3.8) is 0 Å². The van der Waals surface area contributed by atoms with Crippen molar-refractivity contribution in [1.82, 2.24) is 5.32 Å². The number of rotatable bonds is 5. The molecule has 1 saturated carbocycles. The van der Waals surface area contributed by atoms with Gasteiger partial charge in [-0.15, -0.1) is 0 Å². The van der Waals surface area contributed by atoms with E-state index in [-0.39, 0.29) is 17.2 Å². The number of amides is 1. The standard InChI is InChI=1S/C17H21NO4/c1-2-14-13(17(20)21)8-15(22-14)16(19)18-9-12-7-10-3-5-11(12)6-4-10/h3,5,8,10-12H,2,4,6-7,9H2,1H3,(H,18,19)(H,20,21). The Morgan fingerprint density at radius 1 is 1.36 bits per heavy atom. The Kier molecular flexibility index (Phi) is 4.05. The smallest absolute Gasteiger partial charge is 0.339 e. The fourth-order valence-electron chi connectivity index (χ4n) is 3.58. The number of hydrogen-bond acceptors (Lipinski definition) is 3. The first-order valence-electron chi connectivity index (χ1n) is 7.91. The van der Waals surface area contributed by atoms with Gasteiger partial charge in [0, 0.05) is 19.0 Å². The number of allylic oxidation sites excluding steroid dienone is 2. The molecule has 22 heavy (non-hydrogen) atoms. The second-order valence-electron chi connectivity index (χ2n) is 6.20. The van der Waals surface area contributed by atoms with Gasteiger partial charge >= 0.3 is 5.97 Å². The van der Waals surface area contributed by atoms with Crippen molar-refractivity contribution in [1.29, 1.82) is 0 Å². The van der Waals surface area contributed by atoms with Crippen LogP contribution in [0.4, 0.5) is 0 Å². The molecular formula is C17H21NO4. The van der Waals surface area contributed by atoms with Crippen molar-refractivity contribution in [3.8, 4) is 0 Å². The molecule has 3 unspecified atom stereocenters. The third-order valence-corrected chi connectivity index (χ3v) is 4.82. The zero-order valence-electron chi connectivity index (χ0n) is 12.7. The van der Waals surface area contributed by atoms with E-state index >= 15 is 0 Å². The monoisotopic (exact) mass is 303 g/mol. The number of carbonyl (C=O) groups excluding carboxylic acids is 1. The molecular weight excluding hydrogens is 282 g/mol. The number of aromatic carboxylic acids is 1. The van der Waals surface area contributed by atoms with Gasteiger partial charge in [0.25, 0.3) is 5.91 Å². The van der Waals surface area contributed by atoms with Crippen molar-refractivity contribution in [2.45, 2.75) is 32.6 Å². The van der Waals surface area contributed by atoms with Gasteiger partial charge in [0.2, 0.25) is 0 Å². The van der Waals surface area contributed by atoms with Crippen LogP contribution in [-0.4, -0.2) is 23.5 Å². The summed E-state index contributed by atoms with van der Waals surface area (Å²) in [5, 5.41) is 12.0. The zero-order valence-corrected chi connectivity index (χ0v) is 12.7. The Morgan fingerprint density at radius 2 is 2.18 bits per heavy atom. The van der Waals surface area contributed by atoms with Crippen LogP contribution in [0.1, 0.15) is 52.9 Å². The van der Waals surface area contributed by atoms with Gasteiger partial charge in [-0.1, -0.05) is 19.1 Å². The molecule has 3 atom stereocenters. The first kappa shape index (κ1) is 14.9. The SMILES string of the molecule is CCc1oc(C(=O)NCC2CC3C=CC2CC3)cc1C(=O)O. The van der Waals surface area contributed by atoms with Gasteiger partial charge in [0.1, 0.15) is 11.3 Å². The van der Waals surface area contributed by atoms with E-state index in [4.69, 9.17) is 9.52 Å². The molecule has 4 rings (SSSR count). The van der Waals surface area contributed by atoms with E-state index in [0.29, 0.717) is 36.5 Å². The summed E-state index contributed by atoms with van der Waals surface area (Å²) in [4.78, 5) is 23.3. The molecule has 3 aliphatic carbocycles. The first-order valence-corrected chi connectivity index (χ1v) is 7.91. The van der Waals surface area contributed by atoms with Crippen LogP contribution in [0.5, 0.6) is 0 Å². The molecule has 1 aromatic heterocycles. The molecule has 0 aliphatic heterocycles. The second kappa shape index (κ2) is 5.99. The van der Waals surface area contributed by atoms with Crippen molar-refractivity contribution >= 4 is 11.9 Å². The Morgan fingerprint density at radius 3 is 2.68 bits per heavy atom. The summed E-state index contributed by atoms with van der Waals surface area (Å²) >= 11 is 0. The van der Waals surface area contributed by atoms with Crippen LogP contribution >= 0.6 is 0 Å². The van der Waals surface area contributed by atoms with Crippen molar-refractivity contribution in [2.24, 2.45) is 17.8 Å². The molecule has 1 amide bonds. The molecule has 0 aromatic carbocycles. The molecule has 1 heterocycles. The Balaban J connectivity index is 1.63. The van der Waals surface area contributed by atoms with Crippen LogP contribution in [-0.2, 0) is 6.42 Å². The maximum atomic E-state index is 12.2. The van der Waals surface area contributed by atoms with Crippen molar-refractivity contribution in [3.05, 3.63) is 35.3 Å². The minimum atomic E-state index is -1.06. The van der Waals surface area contributed by atoms with Crippen molar-refractivity contribution < 1.29 is 19.1 Å². The molecule has 3 aliphatic rings. The normalized spacial score (nSPS) is 26.1. The lowest BCUT2D eigenvalue weighted by Crippen LogP contribution is -2.37. The average molecular weight is 303 g/mol. The third-order valence-electron chi connectivity index (χ3n) is 4.82. The molecule has 0 spiro atoms. The van der Waals surface area contributed by atoms with Gasteiger partial charge < -0.3 is 14.8 Å². The lowest BCUT2D eigenvalue weighted by Gasteiger charge is -2.38. The van der Waals surface area contributed by atoms with E-state index in [2.05, 4.69) is 17.5 Å². The van der Waals surface area contributed by atoms with E-state index in [1.54, 1.807) is 6.92 Å². The predicted molar refractivity (Wildman–Crippen MR) is 80.8 cm³/mol. The minimum Gasteiger partial charge on any atom is -0.478 e. The highest BCUT2D eigenvalue weighted by Gasteiger charge is 2.32. The van der Waals surface area contributed by atoms with Gasteiger partial charge in [0.15, 0.2) is 5.76 Å². The minimum absolute atomic E-state index is 0.0762. The number of aryl methyl sites for hydroxylation is 1. The van der Waals surface area contributed by atoms with Gasteiger partial charge in [-0.05, 0) is 37.0 Å². The Hall–Kier alpha value is -2.04. The molecule has 118 valence electrons. The highest BCUT2D eigenvalue weighted by Crippen LogP contribution is 2.39. The molecule has 5 heteroatoms. The number of nitrogens with one attached hydrogen (secondary N) is 1. The van der Waals surface area contributed by atoms with E-state index in [1.807, 2.05) is 0 Å². The molecule has 2 bridgehead atoms. The van der Waals surface area contributed by atoms with Crippen LogP contribution in [0.15, 0.2) is 22.6 Å². The summed E-state index contributed by atoms with van der Waals surface area (Å²) in [5.41, 5.74) is 0.0762. The average Bonchev–Trinajstić information content (AvgIpc) is 2.98. The van der Waals surface area contributed by atoms with Crippen LogP contribution in [0.3, 0.4) is 0 Å². The number of carboxylic acid groups (broad SMARTS) is 1. The third kappa shape index (κ3) is 2.80. The van der Waals surface area contributed by atoms with Crippen LogP contribution in [0.25, 0.3) is 0 Å². The maximum Gasteiger partial charge on any atom is 0.339 e. The van der Waals surface area contributed by atoms with Crippen LogP contribution < -0.4 is 5.32 Å². The summed E-state index contributed by atoms with van der Waals surface area (Å²) in [6.45, 7) is 2.42. The number of furan rings is 1. The number of carbonyl (C=O) groups is 2. The fourth-order valence-corrected chi connectivity index (χ4v) is 3.58. The number of hydrogen-bond donors (Lipinski definition) is 2. The highest BCUT2D eigenvalue weighted by atomic mass is 16.4. The van der Waals surface area contributed by atoms with E-state index in [0.717, 1.165) is 6.42 Å². The molecule has 1 aromatic rings. The maximum absolute atomic E-state index is 12.2. The first-order chi connectivity index (χ1) is 10.6. The lowest BCUT2D eigenvalue weighted by atomic mass is 9.69.